The lowest BCUT2D eigenvalue weighted by atomic mass is 10.3. The van der Waals surface area contributed by atoms with Gasteiger partial charge in [0, 0.05) is 18.1 Å². The lowest BCUT2D eigenvalue weighted by molar-refractivity contribution is -0.128. The number of nitrogens with zero attached hydrogens (tertiary/aromatic N) is 6. The minimum Gasteiger partial charge on any atom is -0.340 e. The number of rotatable bonds is 8. The van der Waals surface area contributed by atoms with E-state index in [9.17, 15) is 4.79 Å². The molecular formula is C16H15ClN6OS. The van der Waals surface area contributed by atoms with Gasteiger partial charge in [0.1, 0.15) is 6.33 Å². The summed E-state index contributed by atoms with van der Waals surface area (Å²) in [6, 6.07) is 11.3. The number of thioether (sulfide) groups is 1. The topological polar surface area (TPSA) is 98.6 Å². The molecule has 9 heteroatoms. The van der Waals surface area contributed by atoms with Gasteiger partial charge in [-0.2, -0.15) is 10.5 Å². The number of nitriles is 2. The predicted molar refractivity (Wildman–Crippen MR) is 94.1 cm³/mol. The second-order valence-electron chi connectivity index (χ2n) is 4.95. The van der Waals surface area contributed by atoms with Crippen molar-refractivity contribution >= 4 is 29.3 Å². The summed E-state index contributed by atoms with van der Waals surface area (Å²) < 4.78 is 1.75. The van der Waals surface area contributed by atoms with E-state index in [2.05, 4.69) is 10.2 Å². The highest BCUT2D eigenvalue weighted by Gasteiger charge is 2.16. The Labute approximate surface area is 154 Å². The van der Waals surface area contributed by atoms with Crippen molar-refractivity contribution in [1.82, 2.24) is 19.7 Å². The Morgan fingerprint density at radius 2 is 2.00 bits per heavy atom. The summed E-state index contributed by atoms with van der Waals surface area (Å²) in [5.74, 6) is 0.00647. The predicted octanol–water partition coefficient (Wildman–Crippen LogP) is 2.67. The van der Waals surface area contributed by atoms with Crippen molar-refractivity contribution < 1.29 is 4.79 Å². The minimum absolute atomic E-state index is 0.142. The summed E-state index contributed by atoms with van der Waals surface area (Å²) in [7, 11) is 0. The monoisotopic (exact) mass is 374 g/mol. The first-order valence-electron chi connectivity index (χ1n) is 7.46. The van der Waals surface area contributed by atoms with Crippen molar-refractivity contribution in [2.45, 2.75) is 18.0 Å². The van der Waals surface area contributed by atoms with Crippen LogP contribution in [0.3, 0.4) is 0 Å². The van der Waals surface area contributed by atoms with Crippen LogP contribution in [0.15, 0.2) is 35.7 Å². The molecule has 0 aliphatic heterocycles. The maximum absolute atomic E-state index is 12.4. The average Bonchev–Trinajstić information content (AvgIpc) is 3.08. The highest BCUT2D eigenvalue weighted by Crippen LogP contribution is 2.22. The van der Waals surface area contributed by atoms with Gasteiger partial charge in [-0.3, -0.25) is 9.36 Å². The van der Waals surface area contributed by atoms with Gasteiger partial charge in [-0.1, -0.05) is 29.4 Å². The molecule has 0 saturated carbocycles. The fraction of sp³-hybridized carbons (Fsp3) is 0.312. The van der Waals surface area contributed by atoms with E-state index in [-0.39, 0.29) is 24.5 Å². The molecular weight excluding hydrogens is 360 g/mol. The van der Waals surface area contributed by atoms with Crippen molar-refractivity contribution in [3.63, 3.8) is 0 Å². The molecule has 2 rings (SSSR count). The smallest absolute Gasteiger partial charge is 0.233 e. The fourth-order valence-electron chi connectivity index (χ4n) is 2.07. The fourth-order valence-corrected chi connectivity index (χ4v) is 3.09. The highest BCUT2D eigenvalue weighted by molar-refractivity contribution is 7.99. The third-order valence-electron chi connectivity index (χ3n) is 3.27. The Kier molecular flexibility index (Phi) is 7.27. The van der Waals surface area contributed by atoms with Crippen molar-refractivity contribution in [2.75, 3.05) is 18.8 Å². The number of amides is 1. The van der Waals surface area contributed by atoms with E-state index in [4.69, 9.17) is 22.1 Å². The van der Waals surface area contributed by atoms with Gasteiger partial charge in [0.05, 0.1) is 36.4 Å². The molecule has 25 heavy (non-hydrogen) atoms. The van der Waals surface area contributed by atoms with E-state index in [0.29, 0.717) is 23.3 Å². The lowest BCUT2D eigenvalue weighted by Crippen LogP contribution is -2.34. The van der Waals surface area contributed by atoms with Crippen molar-refractivity contribution in [3.05, 3.63) is 35.6 Å². The van der Waals surface area contributed by atoms with Crippen LogP contribution in [0.1, 0.15) is 12.8 Å². The van der Waals surface area contributed by atoms with Gasteiger partial charge in [0.15, 0.2) is 5.16 Å². The van der Waals surface area contributed by atoms with Crippen LogP contribution in [-0.2, 0) is 4.79 Å². The highest BCUT2D eigenvalue weighted by atomic mass is 35.5. The molecule has 0 fully saturated rings. The summed E-state index contributed by atoms with van der Waals surface area (Å²) in [6.45, 7) is 0.636. The van der Waals surface area contributed by atoms with E-state index < -0.39 is 0 Å². The van der Waals surface area contributed by atoms with Crippen LogP contribution >= 0.6 is 23.4 Å². The Balaban J connectivity index is 2.03. The summed E-state index contributed by atoms with van der Waals surface area (Å²) in [6.07, 6.45) is 2.03. The Morgan fingerprint density at radius 1 is 1.28 bits per heavy atom. The molecule has 0 bridgehead atoms. The zero-order chi connectivity index (χ0) is 18.1. The van der Waals surface area contributed by atoms with E-state index in [0.717, 1.165) is 5.69 Å². The number of hydrogen-bond acceptors (Lipinski definition) is 6. The standard InChI is InChI=1S/C16H15ClN6OS/c17-13-4-1-5-14(10-13)23-12-20-21-16(23)25-11-15(24)22(8-2-6-18)9-3-7-19/h1,4-5,10,12H,2-3,8-9,11H2. The first kappa shape index (κ1) is 18.8. The molecule has 128 valence electrons. The molecule has 0 spiro atoms. The summed E-state index contributed by atoms with van der Waals surface area (Å²) in [5, 5.41) is 26.5. The lowest BCUT2D eigenvalue weighted by Gasteiger charge is -2.20. The van der Waals surface area contributed by atoms with Gasteiger partial charge in [0.25, 0.3) is 0 Å². The number of halogens is 1. The van der Waals surface area contributed by atoms with Gasteiger partial charge in [-0.05, 0) is 18.2 Å². The van der Waals surface area contributed by atoms with Crippen molar-refractivity contribution in [3.8, 4) is 17.8 Å². The molecule has 0 radical (unpaired) electrons. The quantitative estimate of drug-likeness (QED) is 0.658. The van der Waals surface area contributed by atoms with Gasteiger partial charge < -0.3 is 4.90 Å². The Morgan fingerprint density at radius 3 is 2.64 bits per heavy atom. The molecule has 1 aromatic heterocycles. The van der Waals surface area contributed by atoms with Gasteiger partial charge >= 0.3 is 0 Å². The first-order valence-corrected chi connectivity index (χ1v) is 8.82. The molecule has 1 heterocycles. The largest absolute Gasteiger partial charge is 0.340 e. The summed E-state index contributed by atoms with van der Waals surface area (Å²) >= 11 is 7.25. The van der Waals surface area contributed by atoms with Crippen LogP contribution in [0.2, 0.25) is 5.02 Å². The molecule has 0 atom stereocenters. The maximum Gasteiger partial charge on any atom is 0.233 e. The van der Waals surface area contributed by atoms with E-state index in [1.165, 1.54) is 16.7 Å². The number of hydrogen-bond donors (Lipinski definition) is 0. The van der Waals surface area contributed by atoms with Gasteiger partial charge in [0.2, 0.25) is 5.91 Å². The number of aromatic nitrogens is 3. The van der Waals surface area contributed by atoms with Crippen LogP contribution in [0.5, 0.6) is 0 Å². The van der Waals surface area contributed by atoms with E-state index >= 15 is 0 Å². The van der Waals surface area contributed by atoms with Crippen LogP contribution in [-0.4, -0.2) is 44.4 Å². The number of carbonyl (C=O) groups excluding carboxylic acids is 1. The van der Waals surface area contributed by atoms with E-state index in [1.54, 1.807) is 23.0 Å². The van der Waals surface area contributed by atoms with E-state index in [1.807, 2.05) is 24.3 Å². The number of benzene rings is 1. The average molecular weight is 375 g/mol. The summed E-state index contributed by atoms with van der Waals surface area (Å²) in [5.41, 5.74) is 0.804. The van der Waals surface area contributed by atoms with Crippen LogP contribution in [0.4, 0.5) is 0 Å². The molecule has 0 aliphatic rings. The first-order chi connectivity index (χ1) is 12.2. The molecule has 7 nitrogen and oxygen atoms in total. The SMILES string of the molecule is N#CCCN(CCC#N)C(=O)CSc1nncn1-c1cccc(Cl)c1. The van der Waals surface area contributed by atoms with Gasteiger partial charge in [-0.25, -0.2) is 0 Å². The zero-order valence-electron chi connectivity index (χ0n) is 13.3. The molecule has 1 aromatic carbocycles. The van der Waals surface area contributed by atoms with Crippen molar-refractivity contribution in [2.24, 2.45) is 0 Å². The number of carbonyl (C=O) groups is 1. The molecule has 1 amide bonds. The third kappa shape index (κ3) is 5.49. The molecule has 0 aliphatic carbocycles. The normalized spacial score (nSPS) is 10.0. The molecule has 2 aromatic rings. The Hall–Kier alpha value is -2.55. The van der Waals surface area contributed by atoms with Crippen LogP contribution in [0.25, 0.3) is 5.69 Å². The second-order valence-corrected chi connectivity index (χ2v) is 6.33. The zero-order valence-corrected chi connectivity index (χ0v) is 14.9. The van der Waals surface area contributed by atoms with Crippen molar-refractivity contribution in [1.29, 1.82) is 10.5 Å². The van der Waals surface area contributed by atoms with Crippen LogP contribution in [0, 0.1) is 22.7 Å². The Bertz CT molecular complexity index is 791. The third-order valence-corrected chi connectivity index (χ3v) is 4.43. The second kappa shape index (κ2) is 9.67. The molecule has 0 saturated heterocycles. The van der Waals surface area contributed by atoms with Crippen LogP contribution < -0.4 is 0 Å². The maximum atomic E-state index is 12.4. The molecule has 0 unspecified atom stereocenters. The minimum atomic E-state index is -0.142. The summed E-state index contributed by atoms with van der Waals surface area (Å²) in [4.78, 5) is 13.9. The van der Waals surface area contributed by atoms with Gasteiger partial charge in [-0.15, -0.1) is 10.2 Å². The molecule has 0 N–H and O–H groups in total.